The first-order valence-electron chi connectivity index (χ1n) is 7.04. The standard InChI is InChI=1S/C16H25NO3/c1-11(2)10-12(3)20-16(18)17-13(4)14-8-6-7-9-15(14)19-5/h6-9,11-13H,10H2,1-5H3,(H,17,18)/t12-,13-/m1/s1. The van der Waals surface area contributed by atoms with Crippen molar-refractivity contribution in [1.82, 2.24) is 5.32 Å². The average Bonchev–Trinajstić information content (AvgIpc) is 2.37. The minimum atomic E-state index is -0.392. The van der Waals surface area contributed by atoms with Gasteiger partial charge in [-0.15, -0.1) is 0 Å². The number of ether oxygens (including phenoxy) is 2. The zero-order valence-electron chi connectivity index (χ0n) is 13.0. The lowest BCUT2D eigenvalue weighted by Gasteiger charge is -2.20. The summed E-state index contributed by atoms with van der Waals surface area (Å²) in [5, 5.41) is 2.83. The molecule has 1 N–H and O–H groups in total. The number of carbonyl (C=O) groups excluding carboxylic acids is 1. The van der Waals surface area contributed by atoms with E-state index in [0.717, 1.165) is 17.7 Å². The number of carbonyl (C=O) groups is 1. The van der Waals surface area contributed by atoms with Gasteiger partial charge in [-0.25, -0.2) is 4.79 Å². The fraction of sp³-hybridized carbons (Fsp3) is 0.562. The van der Waals surface area contributed by atoms with E-state index in [1.165, 1.54) is 0 Å². The second kappa shape index (κ2) is 7.78. The molecule has 112 valence electrons. The van der Waals surface area contributed by atoms with Crippen LogP contribution in [-0.2, 0) is 4.74 Å². The summed E-state index contributed by atoms with van der Waals surface area (Å²) in [5.74, 6) is 1.26. The van der Waals surface area contributed by atoms with E-state index in [-0.39, 0.29) is 12.1 Å². The highest BCUT2D eigenvalue weighted by Gasteiger charge is 2.16. The number of alkyl carbamates (subject to hydrolysis) is 1. The van der Waals surface area contributed by atoms with Crippen molar-refractivity contribution < 1.29 is 14.3 Å². The highest BCUT2D eigenvalue weighted by molar-refractivity contribution is 5.68. The number of hydrogen-bond acceptors (Lipinski definition) is 3. The molecule has 1 rings (SSSR count). The van der Waals surface area contributed by atoms with Crippen molar-refractivity contribution in [2.24, 2.45) is 5.92 Å². The number of rotatable bonds is 6. The van der Waals surface area contributed by atoms with Gasteiger partial charge in [0, 0.05) is 5.56 Å². The topological polar surface area (TPSA) is 47.6 Å². The highest BCUT2D eigenvalue weighted by atomic mass is 16.6. The number of para-hydroxylation sites is 1. The third-order valence-electron chi connectivity index (χ3n) is 3.05. The van der Waals surface area contributed by atoms with Crippen molar-refractivity contribution in [1.29, 1.82) is 0 Å². The first kappa shape index (κ1) is 16.3. The number of benzene rings is 1. The summed E-state index contributed by atoms with van der Waals surface area (Å²) in [4.78, 5) is 11.8. The van der Waals surface area contributed by atoms with Crippen LogP contribution in [-0.4, -0.2) is 19.3 Å². The Kier molecular flexibility index (Phi) is 6.36. The molecular weight excluding hydrogens is 254 g/mol. The van der Waals surface area contributed by atoms with Gasteiger partial charge in [0.2, 0.25) is 0 Å². The van der Waals surface area contributed by atoms with E-state index in [0.29, 0.717) is 5.92 Å². The van der Waals surface area contributed by atoms with Crippen LogP contribution in [0.2, 0.25) is 0 Å². The van der Waals surface area contributed by atoms with Gasteiger partial charge in [-0.3, -0.25) is 0 Å². The van der Waals surface area contributed by atoms with E-state index in [9.17, 15) is 4.79 Å². The predicted molar refractivity (Wildman–Crippen MR) is 79.9 cm³/mol. The second-order valence-corrected chi connectivity index (χ2v) is 5.45. The van der Waals surface area contributed by atoms with Crippen LogP contribution in [0.4, 0.5) is 4.79 Å². The molecule has 0 aliphatic carbocycles. The fourth-order valence-electron chi connectivity index (χ4n) is 2.21. The molecule has 1 amide bonds. The Morgan fingerprint density at radius 1 is 1.20 bits per heavy atom. The summed E-state index contributed by atoms with van der Waals surface area (Å²) in [6.07, 6.45) is 0.382. The third kappa shape index (κ3) is 5.11. The molecular formula is C16H25NO3. The number of methoxy groups -OCH3 is 1. The monoisotopic (exact) mass is 279 g/mol. The summed E-state index contributed by atoms with van der Waals surface area (Å²) in [7, 11) is 1.62. The first-order chi connectivity index (χ1) is 9.43. The van der Waals surface area contributed by atoms with Crippen LogP contribution in [0, 0.1) is 5.92 Å². The van der Waals surface area contributed by atoms with Crippen molar-refractivity contribution in [3.63, 3.8) is 0 Å². The summed E-state index contributed by atoms with van der Waals surface area (Å²) < 4.78 is 10.6. The lowest BCUT2D eigenvalue weighted by molar-refractivity contribution is 0.0929. The second-order valence-electron chi connectivity index (χ2n) is 5.45. The van der Waals surface area contributed by atoms with Crippen molar-refractivity contribution in [2.45, 2.75) is 46.3 Å². The molecule has 1 aromatic rings. The molecule has 0 aromatic heterocycles. The molecule has 0 spiro atoms. The first-order valence-corrected chi connectivity index (χ1v) is 7.04. The zero-order chi connectivity index (χ0) is 15.1. The Morgan fingerprint density at radius 3 is 2.45 bits per heavy atom. The van der Waals surface area contributed by atoms with Crippen LogP contribution in [0.5, 0.6) is 5.75 Å². The van der Waals surface area contributed by atoms with Crippen molar-refractivity contribution in [3.8, 4) is 5.75 Å². The molecule has 4 heteroatoms. The predicted octanol–water partition coefficient (Wildman–Crippen LogP) is 3.92. The number of nitrogens with one attached hydrogen (secondary N) is 1. The molecule has 0 heterocycles. The van der Waals surface area contributed by atoms with Gasteiger partial charge in [-0.05, 0) is 32.3 Å². The van der Waals surface area contributed by atoms with Crippen molar-refractivity contribution in [3.05, 3.63) is 29.8 Å². The van der Waals surface area contributed by atoms with Gasteiger partial charge in [-0.1, -0.05) is 32.0 Å². The van der Waals surface area contributed by atoms with Gasteiger partial charge < -0.3 is 14.8 Å². The Balaban J connectivity index is 2.57. The van der Waals surface area contributed by atoms with E-state index < -0.39 is 6.09 Å². The van der Waals surface area contributed by atoms with Crippen LogP contribution in [0.1, 0.15) is 45.7 Å². The molecule has 0 aliphatic rings. The zero-order valence-corrected chi connectivity index (χ0v) is 13.0. The SMILES string of the molecule is COc1ccccc1[C@@H](C)NC(=O)O[C@H](C)CC(C)C. The largest absolute Gasteiger partial charge is 0.496 e. The molecule has 0 aliphatic heterocycles. The van der Waals surface area contributed by atoms with Gasteiger partial charge in [0.05, 0.1) is 13.2 Å². The van der Waals surface area contributed by atoms with E-state index in [4.69, 9.17) is 9.47 Å². The lowest BCUT2D eigenvalue weighted by atomic mass is 10.1. The van der Waals surface area contributed by atoms with Gasteiger partial charge in [0.25, 0.3) is 0 Å². The summed E-state index contributed by atoms with van der Waals surface area (Å²) in [5.41, 5.74) is 0.934. The van der Waals surface area contributed by atoms with Gasteiger partial charge in [0.15, 0.2) is 0 Å². The van der Waals surface area contributed by atoms with Crippen LogP contribution in [0.3, 0.4) is 0 Å². The maximum atomic E-state index is 11.8. The average molecular weight is 279 g/mol. The molecule has 0 saturated heterocycles. The van der Waals surface area contributed by atoms with Gasteiger partial charge in [0.1, 0.15) is 11.9 Å². The summed E-state index contributed by atoms with van der Waals surface area (Å²) >= 11 is 0. The Bertz CT molecular complexity index is 431. The highest BCUT2D eigenvalue weighted by Crippen LogP contribution is 2.24. The normalized spacial score (nSPS) is 13.7. The van der Waals surface area contributed by atoms with Gasteiger partial charge >= 0.3 is 6.09 Å². The molecule has 0 saturated carbocycles. The minimum Gasteiger partial charge on any atom is -0.496 e. The Hall–Kier alpha value is -1.71. The van der Waals surface area contributed by atoms with E-state index in [2.05, 4.69) is 19.2 Å². The van der Waals surface area contributed by atoms with Crippen LogP contribution in [0.15, 0.2) is 24.3 Å². The molecule has 0 bridgehead atoms. The summed E-state index contributed by atoms with van der Waals surface area (Å²) in [6, 6.07) is 7.47. The Labute approximate surface area is 121 Å². The molecule has 20 heavy (non-hydrogen) atoms. The fourth-order valence-corrected chi connectivity index (χ4v) is 2.21. The maximum absolute atomic E-state index is 11.8. The molecule has 1 aromatic carbocycles. The van der Waals surface area contributed by atoms with E-state index >= 15 is 0 Å². The van der Waals surface area contributed by atoms with Crippen molar-refractivity contribution in [2.75, 3.05) is 7.11 Å². The lowest BCUT2D eigenvalue weighted by Crippen LogP contribution is -2.30. The quantitative estimate of drug-likeness (QED) is 0.858. The maximum Gasteiger partial charge on any atom is 0.407 e. The van der Waals surface area contributed by atoms with E-state index in [1.807, 2.05) is 38.1 Å². The number of amides is 1. The molecule has 0 fully saturated rings. The van der Waals surface area contributed by atoms with Crippen molar-refractivity contribution >= 4 is 6.09 Å². The molecule has 0 radical (unpaired) electrons. The molecule has 4 nitrogen and oxygen atoms in total. The Morgan fingerprint density at radius 2 is 1.85 bits per heavy atom. The smallest absolute Gasteiger partial charge is 0.407 e. The minimum absolute atomic E-state index is 0.0835. The van der Waals surface area contributed by atoms with Crippen LogP contribution in [0.25, 0.3) is 0 Å². The third-order valence-corrected chi connectivity index (χ3v) is 3.05. The van der Waals surface area contributed by atoms with E-state index in [1.54, 1.807) is 7.11 Å². The van der Waals surface area contributed by atoms with Gasteiger partial charge in [-0.2, -0.15) is 0 Å². The summed E-state index contributed by atoms with van der Waals surface area (Å²) in [6.45, 7) is 8.03. The van der Waals surface area contributed by atoms with Crippen LogP contribution >= 0.6 is 0 Å². The molecule has 0 unspecified atom stereocenters. The molecule has 2 atom stereocenters. The number of hydrogen-bond donors (Lipinski definition) is 1. The van der Waals surface area contributed by atoms with Crippen LogP contribution < -0.4 is 10.1 Å².